The van der Waals surface area contributed by atoms with Gasteiger partial charge in [0.2, 0.25) is 0 Å². The van der Waals surface area contributed by atoms with Crippen molar-refractivity contribution in [1.29, 1.82) is 0 Å². The largest absolute Gasteiger partial charge is 0.504 e. The van der Waals surface area contributed by atoms with Gasteiger partial charge in [0, 0.05) is 31.3 Å². The van der Waals surface area contributed by atoms with Crippen LogP contribution in [0.3, 0.4) is 0 Å². The number of hydrogen-bond acceptors (Lipinski definition) is 7. The van der Waals surface area contributed by atoms with Crippen LogP contribution in [0.25, 0.3) is 0 Å². The van der Waals surface area contributed by atoms with Crippen molar-refractivity contribution in [3.63, 3.8) is 0 Å². The molecule has 3 fully saturated rings. The van der Waals surface area contributed by atoms with Crippen molar-refractivity contribution in [1.82, 2.24) is 10.2 Å². The molecule has 2 unspecified atom stereocenters. The quantitative estimate of drug-likeness (QED) is 0.536. The average molecular weight is 513 g/mol. The number of aromatic hydroxyl groups is 1. The number of carbonyl (C=O) groups is 1. The summed E-state index contributed by atoms with van der Waals surface area (Å²) in [7, 11) is 1.88. The van der Waals surface area contributed by atoms with E-state index in [4.69, 9.17) is 14.2 Å². The first kappa shape index (κ1) is 25.4. The van der Waals surface area contributed by atoms with E-state index in [-0.39, 0.29) is 46.8 Å². The number of esters is 1. The Balaban J connectivity index is 1.40. The lowest BCUT2D eigenvalue weighted by Gasteiger charge is -2.66. The van der Waals surface area contributed by atoms with Gasteiger partial charge in [-0.3, -0.25) is 15.0 Å². The third-order valence-corrected chi connectivity index (χ3v) is 9.81. The molecular formula is C30H44N2O5. The average Bonchev–Trinajstić information content (AvgIpc) is 3.57. The van der Waals surface area contributed by atoms with Crippen LogP contribution in [0.15, 0.2) is 12.1 Å². The number of nitrogens with zero attached hydrogens (tertiary/aromatic N) is 1. The molecule has 1 aromatic rings. The van der Waals surface area contributed by atoms with Crippen LogP contribution in [0.2, 0.25) is 0 Å². The molecule has 1 saturated heterocycles. The Labute approximate surface area is 221 Å². The predicted octanol–water partition coefficient (Wildman–Crippen LogP) is 3.93. The number of hydrogen-bond donors (Lipinski definition) is 2. The molecule has 1 spiro atoms. The molecule has 6 atom stereocenters. The highest BCUT2D eigenvalue weighted by Crippen LogP contribution is 2.66. The summed E-state index contributed by atoms with van der Waals surface area (Å²) in [6, 6.07) is 3.68. The molecule has 0 amide bonds. The number of piperidine rings is 1. The van der Waals surface area contributed by atoms with Gasteiger partial charge in [0.15, 0.2) is 11.5 Å². The highest BCUT2D eigenvalue weighted by Gasteiger charge is 2.74. The van der Waals surface area contributed by atoms with Gasteiger partial charge >= 0.3 is 5.97 Å². The molecular weight excluding hydrogens is 468 g/mol. The molecule has 0 aromatic heterocycles. The van der Waals surface area contributed by atoms with E-state index in [2.05, 4.69) is 30.1 Å². The van der Waals surface area contributed by atoms with E-state index >= 15 is 0 Å². The molecule has 6 rings (SSSR count). The van der Waals surface area contributed by atoms with Crippen LogP contribution >= 0.6 is 0 Å². The molecule has 204 valence electrons. The number of ether oxygens (including phenoxy) is 3. The number of likely N-dealkylation sites (tertiary alicyclic amines) is 1. The number of phenols is 1. The monoisotopic (exact) mass is 512 g/mol. The summed E-state index contributed by atoms with van der Waals surface area (Å²) in [6.07, 6.45) is 6.02. The Morgan fingerprint density at radius 2 is 2.00 bits per heavy atom. The number of phenolic OH excluding ortho intramolecular Hbond substituents is 1. The molecule has 2 aliphatic heterocycles. The molecule has 2 bridgehead atoms. The maximum Gasteiger partial charge on any atom is 0.323 e. The zero-order chi connectivity index (χ0) is 26.3. The second-order valence-corrected chi connectivity index (χ2v) is 13.5. The Hall–Kier alpha value is -1.83. The van der Waals surface area contributed by atoms with Crippen LogP contribution in [0.4, 0.5) is 0 Å². The highest BCUT2D eigenvalue weighted by molar-refractivity contribution is 5.76. The summed E-state index contributed by atoms with van der Waals surface area (Å²) in [5, 5.41) is 14.7. The number of carbonyl (C=O) groups excluding carboxylic acids is 1. The third kappa shape index (κ3) is 3.75. The maximum absolute atomic E-state index is 13.3. The second kappa shape index (κ2) is 8.59. The maximum atomic E-state index is 13.3. The van der Waals surface area contributed by atoms with Crippen LogP contribution < -0.4 is 10.1 Å². The van der Waals surface area contributed by atoms with Crippen LogP contribution in [0, 0.1) is 11.8 Å². The van der Waals surface area contributed by atoms with E-state index in [0.29, 0.717) is 5.75 Å². The zero-order valence-electron chi connectivity index (χ0n) is 23.3. The van der Waals surface area contributed by atoms with Gasteiger partial charge in [-0.1, -0.05) is 19.9 Å². The van der Waals surface area contributed by atoms with Crippen LogP contribution in [0.1, 0.15) is 77.8 Å². The van der Waals surface area contributed by atoms with Gasteiger partial charge in [-0.25, -0.2) is 0 Å². The van der Waals surface area contributed by atoms with E-state index in [1.807, 2.05) is 27.9 Å². The van der Waals surface area contributed by atoms with Crippen molar-refractivity contribution < 1.29 is 24.1 Å². The van der Waals surface area contributed by atoms with Crippen molar-refractivity contribution in [3.05, 3.63) is 23.3 Å². The SMILES string of the molecule is CO[C@@]12CC[C@@H](N[C@@H](C(=O)OC(C)(C)C)C(C)C)[C@@H]3Oc4c(O)ccc5c4C31CCN(CC1CC1)C2C5. The van der Waals surface area contributed by atoms with Gasteiger partial charge in [-0.2, -0.15) is 0 Å². The van der Waals surface area contributed by atoms with E-state index in [1.165, 1.54) is 18.4 Å². The molecule has 0 radical (unpaired) electrons. The van der Waals surface area contributed by atoms with E-state index in [1.54, 1.807) is 6.07 Å². The molecule has 5 aliphatic rings. The number of methoxy groups -OCH3 is 1. The Kier molecular flexibility index (Phi) is 5.91. The number of rotatable bonds is 7. The Bertz CT molecular complexity index is 1080. The lowest BCUT2D eigenvalue weighted by molar-refractivity contribution is -0.208. The number of benzene rings is 1. The van der Waals surface area contributed by atoms with Crippen molar-refractivity contribution in [2.45, 2.75) is 114 Å². The summed E-state index contributed by atoms with van der Waals surface area (Å²) in [6.45, 7) is 12.0. The molecule has 7 nitrogen and oxygen atoms in total. The first-order chi connectivity index (χ1) is 17.5. The standard InChI is InChI=1S/C30H44N2O5/c1-17(2)24(27(34)37-28(3,4)5)31-20-11-12-30(35-6)22-15-19-9-10-21(33)25-23(19)29(30,26(20)36-25)13-14-32(22)16-18-7-8-18/h9-10,17-18,20,22,24,26,31,33H,7-8,11-16H2,1-6H3/t20-,22?,24-,26+,29?,30-/m1/s1. The first-order valence-corrected chi connectivity index (χ1v) is 14.3. The van der Waals surface area contributed by atoms with Crippen molar-refractivity contribution >= 4 is 5.97 Å². The fourth-order valence-electron chi connectivity index (χ4n) is 8.17. The van der Waals surface area contributed by atoms with Gasteiger partial charge in [0.1, 0.15) is 17.7 Å². The lowest BCUT2D eigenvalue weighted by Crippen LogP contribution is -2.79. The Morgan fingerprint density at radius 1 is 1.24 bits per heavy atom. The lowest BCUT2D eigenvalue weighted by atomic mass is 9.48. The predicted molar refractivity (Wildman–Crippen MR) is 141 cm³/mol. The molecule has 37 heavy (non-hydrogen) atoms. The van der Waals surface area contributed by atoms with Crippen molar-refractivity contribution in [3.8, 4) is 11.5 Å². The van der Waals surface area contributed by atoms with E-state index in [0.717, 1.165) is 50.3 Å². The van der Waals surface area contributed by atoms with E-state index < -0.39 is 11.6 Å². The van der Waals surface area contributed by atoms with Crippen LogP contribution in [-0.2, 0) is 26.1 Å². The summed E-state index contributed by atoms with van der Waals surface area (Å²) >= 11 is 0. The van der Waals surface area contributed by atoms with Gasteiger partial charge in [0.05, 0.1) is 11.0 Å². The smallest absolute Gasteiger partial charge is 0.323 e. The van der Waals surface area contributed by atoms with Crippen molar-refractivity contribution in [2.24, 2.45) is 11.8 Å². The van der Waals surface area contributed by atoms with Crippen molar-refractivity contribution in [2.75, 3.05) is 20.2 Å². The summed E-state index contributed by atoms with van der Waals surface area (Å²) in [4.78, 5) is 16.0. The fraction of sp³-hybridized carbons (Fsp3) is 0.767. The Morgan fingerprint density at radius 3 is 2.65 bits per heavy atom. The van der Waals surface area contributed by atoms with Gasteiger partial charge in [-0.05, 0) is 89.3 Å². The minimum Gasteiger partial charge on any atom is -0.504 e. The normalized spacial score (nSPS) is 35.2. The second-order valence-electron chi connectivity index (χ2n) is 13.5. The molecule has 3 aliphatic carbocycles. The highest BCUT2D eigenvalue weighted by atomic mass is 16.6. The molecule has 7 heteroatoms. The van der Waals surface area contributed by atoms with Crippen LogP contribution in [0.5, 0.6) is 11.5 Å². The minimum atomic E-state index is -0.547. The molecule has 2 N–H and O–H groups in total. The number of nitrogens with one attached hydrogen (secondary N) is 1. The molecule has 1 aromatic carbocycles. The fourth-order valence-corrected chi connectivity index (χ4v) is 8.17. The van der Waals surface area contributed by atoms with Gasteiger partial charge in [-0.15, -0.1) is 0 Å². The van der Waals surface area contributed by atoms with Gasteiger partial charge in [0.25, 0.3) is 0 Å². The zero-order valence-corrected chi connectivity index (χ0v) is 23.3. The van der Waals surface area contributed by atoms with E-state index in [9.17, 15) is 9.90 Å². The third-order valence-electron chi connectivity index (χ3n) is 9.81. The summed E-state index contributed by atoms with van der Waals surface area (Å²) < 4.78 is 19.3. The minimum absolute atomic E-state index is 0.0587. The first-order valence-electron chi connectivity index (χ1n) is 14.3. The van der Waals surface area contributed by atoms with Gasteiger partial charge < -0.3 is 19.3 Å². The summed E-state index contributed by atoms with van der Waals surface area (Å²) in [5.41, 5.74) is 1.15. The molecule has 2 saturated carbocycles. The van der Waals surface area contributed by atoms with Crippen LogP contribution in [-0.4, -0.2) is 71.6 Å². The summed E-state index contributed by atoms with van der Waals surface area (Å²) in [5.74, 6) is 1.49. The topological polar surface area (TPSA) is 80.3 Å². The molecule has 2 heterocycles.